The van der Waals surface area contributed by atoms with E-state index in [2.05, 4.69) is 46.6 Å². The van der Waals surface area contributed by atoms with Gasteiger partial charge in [0.15, 0.2) is 5.69 Å². The van der Waals surface area contributed by atoms with Crippen molar-refractivity contribution in [3.05, 3.63) is 53.4 Å². The van der Waals surface area contributed by atoms with Crippen molar-refractivity contribution < 1.29 is 14.1 Å². The van der Waals surface area contributed by atoms with Crippen LogP contribution in [0.15, 0.2) is 40.9 Å². The molecule has 0 radical (unpaired) electrons. The van der Waals surface area contributed by atoms with Crippen LogP contribution < -0.4 is 5.32 Å². The molecule has 1 N–H and O–H groups in total. The van der Waals surface area contributed by atoms with E-state index >= 15 is 0 Å². The molecule has 2 atom stereocenters. The number of hydrogen-bond donors (Lipinski definition) is 1. The van der Waals surface area contributed by atoms with Crippen LogP contribution in [0.5, 0.6) is 0 Å². The number of nitrogens with one attached hydrogen (secondary N) is 1. The second kappa shape index (κ2) is 9.55. The molecule has 0 spiro atoms. The van der Waals surface area contributed by atoms with Crippen LogP contribution >= 0.6 is 0 Å². The fraction of sp³-hybridized carbons (Fsp3) is 0.560. The van der Waals surface area contributed by atoms with Gasteiger partial charge in [0.1, 0.15) is 5.76 Å². The van der Waals surface area contributed by atoms with E-state index in [1.807, 2.05) is 15.9 Å². The molecule has 1 aromatic carbocycles. The Bertz CT molecular complexity index is 965. The van der Waals surface area contributed by atoms with Gasteiger partial charge < -0.3 is 19.6 Å². The van der Waals surface area contributed by atoms with E-state index in [-0.39, 0.29) is 24.0 Å². The van der Waals surface area contributed by atoms with Gasteiger partial charge in [-0.25, -0.2) is 4.79 Å². The zero-order valence-corrected chi connectivity index (χ0v) is 19.3. The lowest BCUT2D eigenvalue weighted by atomic mass is 9.98. The van der Waals surface area contributed by atoms with E-state index in [0.29, 0.717) is 18.2 Å². The Labute approximate surface area is 194 Å². The first-order chi connectivity index (χ1) is 16.1. The molecule has 1 aliphatic carbocycles. The predicted molar refractivity (Wildman–Crippen MR) is 124 cm³/mol. The van der Waals surface area contributed by atoms with Gasteiger partial charge in [0.25, 0.3) is 5.91 Å². The number of aromatic nitrogens is 1. The Morgan fingerprint density at radius 1 is 1.06 bits per heavy atom. The summed E-state index contributed by atoms with van der Waals surface area (Å²) in [6.07, 6.45) is 3.73. The Kier molecular flexibility index (Phi) is 6.35. The van der Waals surface area contributed by atoms with E-state index in [1.54, 1.807) is 6.07 Å². The summed E-state index contributed by atoms with van der Waals surface area (Å²) in [5.41, 5.74) is 1.67. The standard InChI is InChI=1S/C25H33N5O3/c1-18-15-21(26-24(31)22-16-23(33-27-22)20-7-8-20)9-10-30(18)25(32)29-13-11-28(12-14-29)17-19-5-3-2-4-6-19/h2-6,16,18,20-21H,7-15,17H2,1H3,(H,26,31)/t18-,21-/m0/s1. The molecule has 0 bridgehead atoms. The SMILES string of the molecule is C[C@H]1C[C@@H](NC(=O)c2cc(C3CC3)on2)CCN1C(=O)N1CCN(Cc2ccccc2)CC1. The summed E-state index contributed by atoms with van der Waals surface area (Å²) in [6.45, 7) is 6.95. The average molecular weight is 452 g/mol. The van der Waals surface area contributed by atoms with Crippen LogP contribution in [-0.2, 0) is 6.54 Å². The summed E-state index contributed by atoms with van der Waals surface area (Å²) < 4.78 is 5.30. The Hall–Kier alpha value is -2.87. The Morgan fingerprint density at radius 2 is 1.82 bits per heavy atom. The molecule has 1 saturated carbocycles. The van der Waals surface area contributed by atoms with Crippen molar-refractivity contribution in [1.82, 2.24) is 25.2 Å². The summed E-state index contributed by atoms with van der Waals surface area (Å²) in [5.74, 6) is 1.07. The molecular weight excluding hydrogens is 418 g/mol. The van der Waals surface area contributed by atoms with Gasteiger partial charge in [-0.3, -0.25) is 9.69 Å². The molecule has 2 saturated heterocycles. The number of benzene rings is 1. The number of amides is 3. The molecule has 2 aliphatic heterocycles. The fourth-order valence-electron chi connectivity index (χ4n) is 4.92. The summed E-state index contributed by atoms with van der Waals surface area (Å²) in [5, 5.41) is 7.02. The first-order valence-electron chi connectivity index (χ1n) is 12.2. The number of nitrogens with zero attached hydrogens (tertiary/aromatic N) is 4. The molecule has 1 aromatic heterocycles. The quantitative estimate of drug-likeness (QED) is 0.756. The molecule has 2 aromatic rings. The van der Waals surface area contributed by atoms with Gasteiger partial charge in [0.05, 0.1) is 0 Å². The highest BCUT2D eigenvalue weighted by molar-refractivity contribution is 5.92. The molecule has 3 aliphatic rings. The van der Waals surface area contributed by atoms with Crippen molar-refractivity contribution in [2.24, 2.45) is 0 Å². The van der Waals surface area contributed by atoms with Crippen LogP contribution in [0.4, 0.5) is 4.79 Å². The van der Waals surface area contributed by atoms with Crippen LogP contribution in [0.3, 0.4) is 0 Å². The minimum atomic E-state index is -0.183. The molecule has 33 heavy (non-hydrogen) atoms. The number of hydrogen-bond acceptors (Lipinski definition) is 5. The lowest BCUT2D eigenvalue weighted by Gasteiger charge is -2.42. The van der Waals surface area contributed by atoms with E-state index in [0.717, 1.165) is 64.2 Å². The number of likely N-dealkylation sites (tertiary alicyclic amines) is 1. The molecule has 3 heterocycles. The van der Waals surface area contributed by atoms with Gasteiger partial charge >= 0.3 is 6.03 Å². The highest BCUT2D eigenvalue weighted by Crippen LogP contribution is 2.40. The van der Waals surface area contributed by atoms with E-state index < -0.39 is 0 Å². The first-order valence-corrected chi connectivity index (χ1v) is 12.2. The van der Waals surface area contributed by atoms with Crippen LogP contribution in [0.2, 0.25) is 0 Å². The average Bonchev–Trinajstić information content (AvgIpc) is 3.56. The number of rotatable bonds is 5. The largest absolute Gasteiger partial charge is 0.360 e. The zero-order valence-electron chi connectivity index (χ0n) is 19.3. The zero-order chi connectivity index (χ0) is 22.8. The van der Waals surface area contributed by atoms with Gasteiger partial charge in [-0.1, -0.05) is 35.5 Å². The van der Waals surface area contributed by atoms with E-state index in [1.165, 1.54) is 5.56 Å². The maximum atomic E-state index is 13.2. The highest BCUT2D eigenvalue weighted by atomic mass is 16.5. The lowest BCUT2D eigenvalue weighted by Crippen LogP contribution is -2.57. The van der Waals surface area contributed by atoms with Crippen molar-refractivity contribution in [2.45, 2.75) is 57.2 Å². The third kappa shape index (κ3) is 5.21. The van der Waals surface area contributed by atoms with Crippen LogP contribution in [0, 0.1) is 0 Å². The number of carbonyl (C=O) groups excluding carboxylic acids is 2. The smallest absolute Gasteiger partial charge is 0.320 e. The maximum absolute atomic E-state index is 13.2. The number of carbonyl (C=O) groups is 2. The minimum absolute atomic E-state index is 0.0420. The maximum Gasteiger partial charge on any atom is 0.320 e. The lowest BCUT2D eigenvalue weighted by molar-refractivity contribution is 0.0789. The predicted octanol–water partition coefficient (Wildman–Crippen LogP) is 3.07. The Balaban J connectivity index is 1.08. The van der Waals surface area contributed by atoms with Crippen LogP contribution in [0.25, 0.3) is 0 Å². The second-order valence-electron chi connectivity index (χ2n) is 9.66. The highest BCUT2D eigenvalue weighted by Gasteiger charge is 2.34. The normalized spacial score (nSPS) is 24.0. The molecule has 176 valence electrons. The topological polar surface area (TPSA) is 81.9 Å². The molecule has 0 unspecified atom stereocenters. The number of piperidine rings is 1. The third-order valence-electron chi connectivity index (χ3n) is 7.09. The van der Waals surface area contributed by atoms with E-state index in [4.69, 9.17) is 4.52 Å². The minimum Gasteiger partial charge on any atom is -0.360 e. The van der Waals surface area contributed by atoms with Gasteiger partial charge in [-0.2, -0.15) is 0 Å². The monoisotopic (exact) mass is 451 g/mol. The number of urea groups is 1. The van der Waals surface area contributed by atoms with Gasteiger partial charge in [0, 0.05) is 63.3 Å². The van der Waals surface area contributed by atoms with Gasteiger partial charge in [0.2, 0.25) is 0 Å². The van der Waals surface area contributed by atoms with Crippen molar-refractivity contribution in [3.8, 4) is 0 Å². The second-order valence-corrected chi connectivity index (χ2v) is 9.66. The van der Waals surface area contributed by atoms with Crippen molar-refractivity contribution >= 4 is 11.9 Å². The molecule has 3 fully saturated rings. The summed E-state index contributed by atoms with van der Waals surface area (Å²) >= 11 is 0. The molecule has 8 heteroatoms. The molecule has 8 nitrogen and oxygen atoms in total. The molecule has 5 rings (SSSR count). The molecular formula is C25H33N5O3. The van der Waals surface area contributed by atoms with Gasteiger partial charge in [-0.15, -0.1) is 0 Å². The number of piperazine rings is 1. The van der Waals surface area contributed by atoms with Crippen molar-refractivity contribution in [3.63, 3.8) is 0 Å². The fourth-order valence-corrected chi connectivity index (χ4v) is 4.92. The summed E-state index contributed by atoms with van der Waals surface area (Å²) in [4.78, 5) is 32.1. The third-order valence-corrected chi connectivity index (χ3v) is 7.09. The summed E-state index contributed by atoms with van der Waals surface area (Å²) in [7, 11) is 0. The molecule has 3 amide bonds. The van der Waals surface area contributed by atoms with Crippen LogP contribution in [-0.4, -0.2) is 76.6 Å². The van der Waals surface area contributed by atoms with Crippen LogP contribution in [0.1, 0.15) is 60.3 Å². The van der Waals surface area contributed by atoms with Crippen molar-refractivity contribution in [1.29, 1.82) is 0 Å². The van der Waals surface area contributed by atoms with Crippen molar-refractivity contribution in [2.75, 3.05) is 32.7 Å². The van der Waals surface area contributed by atoms with E-state index in [9.17, 15) is 9.59 Å². The van der Waals surface area contributed by atoms with Gasteiger partial charge in [-0.05, 0) is 38.2 Å². The Morgan fingerprint density at radius 3 is 2.52 bits per heavy atom. The summed E-state index contributed by atoms with van der Waals surface area (Å²) in [6, 6.07) is 12.5. The first kappa shape index (κ1) is 21.9.